The maximum atomic E-state index is 3.49. The fourth-order valence-electron chi connectivity index (χ4n) is 1.60. The van der Waals surface area contributed by atoms with Crippen LogP contribution >= 0.6 is 0 Å². The van der Waals surface area contributed by atoms with Gasteiger partial charge >= 0.3 is 0 Å². The van der Waals surface area contributed by atoms with E-state index in [9.17, 15) is 0 Å². The lowest BCUT2D eigenvalue weighted by Crippen LogP contribution is -2.19. The Morgan fingerprint density at radius 1 is 1.36 bits per heavy atom. The van der Waals surface area contributed by atoms with Crippen molar-refractivity contribution in [3.63, 3.8) is 0 Å². The predicted molar refractivity (Wildman–Crippen MR) is 67.0 cm³/mol. The molecule has 1 aliphatic carbocycles. The molecule has 80 valence electrons. The Hall–Kier alpha value is -0.503. The van der Waals surface area contributed by atoms with Crippen LogP contribution in [0.2, 0.25) is 19.6 Å². The van der Waals surface area contributed by atoms with Gasteiger partial charge in [0.1, 0.15) is 0 Å². The van der Waals surface area contributed by atoms with E-state index in [0.29, 0.717) is 0 Å². The van der Waals surface area contributed by atoms with Crippen LogP contribution in [0.1, 0.15) is 25.7 Å². The van der Waals surface area contributed by atoms with Crippen molar-refractivity contribution >= 4 is 8.07 Å². The fraction of sp³-hybridized carbons (Fsp3) is 0.667. The molecule has 0 aromatic rings. The van der Waals surface area contributed by atoms with Crippen LogP contribution in [-0.2, 0) is 0 Å². The zero-order valence-electron chi connectivity index (χ0n) is 9.77. The summed E-state index contributed by atoms with van der Waals surface area (Å²) in [5.41, 5.74) is 3.86. The zero-order valence-corrected chi connectivity index (χ0v) is 10.8. The van der Waals surface area contributed by atoms with Gasteiger partial charge in [-0.1, -0.05) is 37.5 Å². The van der Waals surface area contributed by atoms with Crippen molar-refractivity contribution in [1.29, 1.82) is 0 Å². The number of rotatable bonds is 4. The molecule has 1 rings (SSSR count). The van der Waals surface area contributed by atoms with Crippen LogP contribution in [0.3, 0.4) is 0 Å². The summed E-state index contributed by atoms with van der Waals surface area (Å²) in [6, 6.07) is 0. The van der Waals surface area contributed by atoms with Gasteiger partial charge in [-0.2, -0.15) is 0 Å². The summed E-state index contributed by atoms with van der Waals surface area (Å²) in [4.78, 5) is 0. The van der Waals surface area contributed by atoms with Crippen LogP contribution in [0.4, 0.5) is 0 Å². The van der Waals surface area contributed by atoms with E-state index in [4.69, 9.17) is 0 Å². The Labute approximate surface area is 89.3 Å². The molecule has 0 saturated heterocycles. The summed E-state index contributed by atoms with van der Waals surface area (Å²) >= 11 is 0. The summed E-state index contributed by atoms with van der Waals surface area (Å²) in [5, 5.41) is 3.49. The Morgan fingerprint density at radius 3 is 2.71 bits per heavy atom. The van der Waals surface area contributed by atoms with Gasteiger partial charge in [0.05, 0.1) is 8.07 Å². The molecule has 0 aliphatic heterocycles. The maximum Gasteiger partial charge on any atom is 0.0683 e. The van der Waals surface area contributed by atoms with Gasteiger partial charge < -0.3 is 5.32 Å². The minimum Gasteiger partial charge on any atom is -0.385 e. The van der Waals surface area contributed by atoms with Gasteiger partial charge in [0.25, 0.3) is 0 Å². The summed E-state index contributed by atoms with van der Waals surface area (Å²) in [6.07, 6.45) is 9.89. The SMILES string of the molecule is C[Si](C)(C)C=CCNC1=CCCCC1. The molecule has 0 fully saturated rings. The average molecular weight is 209 g/mol. The molecule has 0 bridgehead atoms. The van der Waals surface area contributed by atoms with E-state index in [1.165, 1.54) is 31.4 Å². The van der Waals surface area contributed by atoms with E-state index in [-0.39, 0.29) is 0 Å². The normalized spacial score (nSPS) is 18.4. The Kier molecular flexibility index (Phi) is 4.46. The van der Waals surface area contributed by atoms with Crippen molar-refractivity contribution in [3.05, 3.63) is 23.5 Å². The summed E-state index contributed by atoms with van der Waals surface area (Å²) in [7, 11) is -0.984. The van der Waals surface area contributed by atoms with Crippen LogP contribution in [0.25, 0.3) is 0 Å². The topological polar surface area (TPSA) is 12.0 Å². The number of hydrogen-bond donors (Lipinski definition) is 1. The lowest BCUT2D eigenvalue weighted by molar-refractivity contribution is 0.656. The van der Waals surface area contributed by atoms with Crippen LogP contribution < -0.4 is 5.32 Å². The molecular formula is C12H23NSi. The van der Waals surface area contributed by atoms with Gasteiger partial charge in [-0.15, -0.1) is 0 Å². The van der Waals surface area contributed by atoms with Crippen molar-refractivity contribution in [2.45, 2.75) is 45.3 Å². The molecule has 2 heteroatoms. The van der Waals surface area contributed by atoms with Gasteiger partial charge in [-0.25, -0.2) is 0 Å². The first-order valence-corrected chi connectivity index (χ1v) is 9.26. The standard InChI is InChI=1S/C12H23NSi/c1-14(2,3)11-7-10-13-12-8-5-4-6-9-12/h7-8,11,13H,4-6,9-10H2,1-3H3. The van der Waals surface area contributed by atoms with Gasteiger partial charge in [0, 0.05) is 12.2 Å². The molecule has 0 unspecified atom stereocenters. The van der Waals surface area contributed by atoms with E-state index in [1.54, 1.807) is 0 Å². The quantitative estimate of drug-likeness (QED) is 0.699. The molecule has 14 heavy (non-hydrogen) atoms. The number of hydrogen-bond acceptors (Lipinski definition) is 1. The Bertz CT molecular complexity index is 223. The van der Waals surface area contributed by atoms with Crippen LogP contribution in [-0.4, -0.2) is 14.6 Å². The first kappa shape index (κ1) is 11.6. The largest absolute Gasteiger partial charge is 0.385 e. The molecule has 0 aromatic carbocycles. The smallest absolute Gasteiger partial charge is 0.0683 e. The maximum absolute atomic E-state index is 3.49. The van der Waals surface area contributed by atoms with E-state index in [2.05, 4.69) is 42.8 Å². The average Bonchev–Trinajstić information content (AvgIpc) is 2.13. The highest BCUT2D eigenvalue weighted by atomic mass is 28.3. The van der Waals surface area contributed by atoms with Crippen molar-refractivity contribution in [2.24, 2.45) is 0 Å². The molecule has 0 spiro atoms. The van der Waals surface area contributed by atoms with Gasteiger partial charge in [0.15, 0.2) is 0 Å². The second-order valence-corrected chi connectivity index (χ2v) is 10.2. The Morgan fingerprint density at radius 2 is 2.14 bits per heavy atom. The molecule has 0 heterocycles. The first-order valence-electron chi connectivity index (χ1n) is 5.68. The summed E-state index contributed by atoms with van der Waals surface area (Å²) < 4.78 is 0. The number of nitrogens with one attached hydrogen (secondary N) is 1. The molecule has 1 nitrogen and oxygen atoms in total. The van der Waals surface area contributed by atoms with Gasteiger partial charge in [-0.05, 0) is 25.7 Å². The third-order valence-corrected chi connectivity index (χ3v) is 3.59. The lowest BCUT2D eigenvalue weighted by atomic mass is 10.1. The fourth-order valence-corrected chi connectivity index (χ4v) is 2.43. The summed E-state index contributed by atoms with van der Waals surface area (Å²) in [5.74, 6) is 0. The van der Waals surface area contributed by atoms with E-state index in [0.717, 1.165) is 6.54 Å². The highest BCUT2D eigenvalue weighted by Gasteiger charge is 2.06. The molecule has 1 aliphatic rings. The third kappa shape index (κ3) is 5.27. The van der Waals surface area contributed by atoms with Crippen LogP contribution in [0, 0.1) is 0 Å². The molecular weight excluding hydrogens is 186 g/mol. The van der Waals surface area contributed by atoms with E-state index in [1.807, 2.05) is 0 Å². The molecule has 1 N–H and O–H groups in total. The molecule has 0 atom stereocenters. The molecule has 0 radical (unpaired) electrons. The lowest BCUT2D eigenvalue weighted by Gasteiger charge is -2.14. The Balaban J connectivity index is 2.21. The second kappa shape index (κ2) is 5.40. The van der Waals surface area contributed by atoms with Crippen molar-refractivity contribution in [1.82, 2.24) is 5.32 Å². The van der Waals surface area contributed by atoms with E-state index < -0.39 is 8.07 Å². The highest BCUT2D eigenvalue weighted by molar-refractivity contribution is 6.80. The highest BCUT2D eigenvalue weighted by Crippen LogP contribution is 2.14. The first-order chi connectivity index (χ1) is 6.58. The molecule has 0 aromatic heterocycles. The van der Waals surface area contributed by atoms with Crippen molar-refractivity contribution in [2.75, 3.05) is 6.54 Å². The predicted octanol–water partition coefficient (Wildman–Crippen LogP) is 3.47. The third-order valence-electron chi connectivity index (χ3n) is 2.36. The van der Waals surface area contributed by atoms with Crippen LogP contribution in [0.5, 0.6) is 0 Å². The van der Waals surface area contributed by atoms with Crippen LogP contribution in [0.15, 0.2) is 23.5 Å². The number of allylic oxidation sites excluding steroid dienone is 2. The molecule has 0 amide bonds. The zero-order chi connectivity index (χ0) is 10.4. The second-order valence-electron chi connectivity index (χ2n) is 5.12. The monoisotopic (exact) mass is 209 g/mol. The van der Waals surface area contributed by atoms with Crippen molar-refractivity contribution < 1.29 is 0 Å². The minimum atomic E-state index is -0.984. The van der Waals surface area contributed by atoms with E-state index >= 15 is 0 Å². The van der Waals surface area contributed by atoms with Gasteiger partial charge in [-0.3, -0.25) is 0 Å². The van der Waals surface area contributed by atoms with Gasteiger partial charge in [0.2, 0.25) is 0 Å². The minimum absolute atomic E-state index is 0.984. The van der Waals surface area contributed by atoms with Crippen molar-refractivity contribution in [3.8, 4) is 0 Å². The summed E-state index contributed by atoms with van der Waals surface area (Å²) in [6.45, 7) is 8.10. The molecule has 0 saturated carbocycles.